The van der Waals surface area contributed by atoms with Crippen LogP contribution >= 0.6 is 11.8 Å². The molecule has 1 aliphatic heterocycles. The van der Waals surface area contributed by atoms with Crippen LogP contribution in [0.25, 0.3) is 0 Å². The van der Waals surface area contributed by atoms with Crippen LogP contribution < -0.4 is 10.6 Å². The van der Waals surface area contributed by atoms with Crippen LogP contribution in [0.4, 0.5) is 23.7 Å². The highest BCUT2D eigenvalue weighted by Crippen LogP contribution is 2.40. The van der Waals surface area contributed by atoms with E-state index in [1.165, 1.54) is 23.9 Å². The van der Waals surface area contributed by atoms with Crippen LogP contribution in [0.5, 0.6) is 0 Å². The van der Waals surface area contributed by atoms with Crippen molar-refractivity contribution in [2.75, 3.05) is 11.1 Å². The molecule has 33 heavy (non-hydrogen) atoms. The summed E-state index contributed by atoms with van der Waals surface area (Å²) in [6, 6.07) is 9.95. The van der Waals surface area contributed by atoms with Gasteiger partial charge in [-0.1, -0.05) is 6.07 Å². The van der Waals surface area contributed by atoms with Gasteiger partial charge in [-0.3, -0.25) is 9.78 Å². The number of rotatable bonds is 5. The fraction of sp³-hybridized carbons (Fsp3) is 0.174. The van der Waals surface area contributed by atoms with E-state index in [2.05, 4.69) is 15.6 Å². The highest BCUT2D eigenvalue weighted by Gasteiger charge is 2.30. The van der Waals surface area contributed by atoms with Crippen LogP contribution in [0.15, 0.2) is 59.6 Å². The number of fused-ring (bicyclic) bond motifs is 1. The van der Waals surface area contributed by atoms with Gasteiger partial charge < -0.3 is 15.4 Å². The zero-order valence-electron chi connectivity index (χ0n) is 17.1. The molecule has 0 spiro atoms. The average molecular weight is 473 g/mol. The Morgan fingerprint density at radius 1 is 1.06 bits per heavy atom. The van der Waals surface area contributed by atoms with Gasteiger partial charge in [-0.2, -0.15) is 0 Å². The maximum Gasteiger partial charge on any atom is 0.408 e. The summed E-state index contributed by atoms with van der Waals surface area (Å²) in [6.07, 6.45) is 1.27. The first-order valence-corrected chi connectivity index (χ1v) is 11.0. The third-order valence-electron chi connectivity index (χ3n) is 4.94. The van der Waals surface area contributed by atoms with E-state index in [1.807, 2.05) is 0 Å². The number of thioether (sulfide) groups is 1. The minimum Gasteiger partial charge on any atom is -0.443 e. The van der Waals surface area contributed by atoms with Gasteiger partial charge in [-0.25, -0.2) is 18.0 Å². The summed E-state index contributed by atoms with van der Waals surface area (Å²) >= 11 is 1.28. The SMILES string of the molecule is O=C(N[C@@H]1CCSc2c(C(=O)Nc3ccc(F)c(F)c3)ccc(F)c21)OCc1ccccn1. The van der Waals surface area contributed by atoms with Crippen molar-refractivity contribution in [1.29, 1.82) is 0 Å². The minimum atomic E-state index is -1.10. The van der Waals surface area contributed by atoms with Gasteiger partial charge in [0.2, 0.25) is 0 Å². The largest absolute Gasteiger partial charge is 0.443 e. The van der Waals surface area contributed by atoms with Gasteiger partial charge in [0.1, 0.15) is 12.4 Å². The first kappa shape index (κ1) is 22.7. The van der Waals surface area contributed by atoms with Crippen LogP contribution in [0.1, 0.15) is 34.1 Å². The van der Waals surface area contributed by atoms with Gasteiger partial charge in [0.05, 0.1) is 17.3 Å². The van der Waals surface area contributed by atoms with E-state index in [4.69, 9.17) is 4.74 Å². The van der Waals surface area contributed by atoms with Crippen molar-refractivity contribution in [2.24, 2.45) is 0 Å². The number of pyridine rings is 1. The standard InChI is InChI=1S/C23H18F3N3O3S/c24-16-6-4-13(11-18(16)26)28-22(30)15-5-7-17(25)20-19(8-10-33-21(15)20)29-23(31)32-12-14-3-1-2-9-27-14/h1-7,9,11,19H,8,10,12H2,(H,28,30)(H,29,31)/t19-/m1/s1. The molecule has 2 N–H and O–H groups in total. The molecule has 0 unspecified atom stereocenters. The Bertz CT molecular complexity index is 1190. The van der Waals surface area contributed by atoms with Crippen molar-refractivity contribution in [3.63, 3.8) is 0 Å². The molecule has 0 radical (unpaired) electrons. The average Bonchev–Trinajstić information content (AvgIpc) is 2.81. The lowest BCUT2D eigenvalue weighted by molar-refractivity contribution is 0.102. The number of carbonyl (C=O) groups excluding carboxylic acids is 2. The second-order valence-corrected chi connectivity index (χ2v) is 8.26. The summed E-state index contributed by atoms with van der Waals surface area (Å²) in [5.74, 6) is -2.80. The molecule has 1 aliphatic rings. The van der Waals surface area contributed by atoms with Crippen molar-refractivity contribution in [1.82, 2.24) is 10.3 Å². The molecule has 1 atom stereocenters. The predicted octanol–water partition coefficient (Wildman–Crippen LogP) is 5.21. The van der Waals surface area contributed by atoms with Gasteiger partial charge in [0.15, 0.2) is 11.6 Å². The molecule has 2 heterocycles. The summed E-state index contributed by atoms with van der Waals surface area (Å²) in [6.45, 7) is -0.0415. The molecular weight excluding hydrogens is 455 g/mol. The zero-order chi connectivity index (χ0) is 23.4. The van der Waals surface area contributed by atoms with Crippen molar-refractivity contribution < 1.29 is 27.5 Å². The number of halogens is 3. The lowest BCUT2D eigenvalue weighted by Crippen LogP contribution is -2.32. The lowest BCUT2D eigenvalue weighted by atomic mass is 9.99. The third-order valence-corrected chi connectivity index (χ3v) is 6.10. The number of hydrogen-bond acceptors (Lipinski definition) is 5. The van der Waals surface area contributed by atoms with Gasteiger partial charge in [0.25, 0.3) is 5.91 Å². The fourth-order valence-electron chi connectivity index (χ4n) is 3.38. The molecule has 0 bridgehead atoms. The van der Waals surface area contributed by atoms with Gasteiger partial charge in [-0.05, 0) is 42.8 Å². The Hall–Kier alpha value is -3.53. The maximum absolute atomic E-state index is 14.8. The molecule has 0 saturated carbocycles. The minimum absolute atomic E-state index is 0.0415. The van der Waals surface area contributed by atoms with Crippen LogP contribution in [-0.4, -0.2) is 22.7 Å². The molecular formula is C23H18F3N3O3S. The van der Waals surface area contributed by atoms with E-state index in [9.17, 15) is 22.8 Å². The summed E-state index contributed by atoms with van der Waals surface area (Å²) in [4.78, 5) is 29.5. The Morgan fingerprint density at radius 2 is 1.88 bits per heavy atom. The summed E-state index contributed by atoms with van der Waals surface area (Å²) < 4.78 is 46.5. The van der Waals surface area contributed by atoms with E-state index in [0.29, 0.717) is 22.8 Å². The fourth-order valence-corrected chi connectivity index (χ4v) is 4.65. The second kappa shape index (κ2) is 9.95. The number of alkyl carbamates (subject to hydrolysis) is 1. The van der Waals surface area contributed by atoms with Crippen molar-refractivity contribution in [2.45, 2.75) is 24.0 Å². The number of benzene rings is 2. The van der Waals surface area contributed by atoms with E-state index in [-0.39, 0.29) is 23.4 Å². The summed E-state index contributed by atoms with van der Waals surface area (Å²) in [5.41, 5.74) is 0.966. The molecule has 170 valence electrons. The molecule has 4 rings (SSSR count). The molecule has 3 aromatic rings. The van der Waals surface area contributed by atoms with Crippen molar-refractivity contribution >= 4 is 29.4 Å². The molecule has 6 nitrogen and oxygen atoms in total. The van der Waals surface area contributed by atoms with E-state index in [0.717, 1.165) is 18.2 Å². The Balaban J connectivity index is 1.51. The van der Waals surface area contributed by atoms with Gasteiger partial charge >= 0.3 is 6.09 Å². The summed E-state index contributed by atoms with van der Waals surface area (Å²) in [7, 11) is 0. The van der Waals surface area contributed by atoms with Crippen LogP contribution in [-0.2, 0) is 11.3 Å². The number of aromatic nitrogens is 1. The number of ether oxygens (including phenoxy) is 1. The molecule has 1 aromatic heterocycles. The number of nitrogens with zero attached hydrogens (tertiary/aromatic N) is 1. The molecule has 0 aliphatic carbocycles. The highest BCUT2D eigenvalue weighted by molar-refractivity contribution is 7.99. The zero-order valence-corrected chi connectivity index (χ0v) is 17.9. The maximum atomic E-state index is 14.8. The number of nitrogens with one attached hydrogen (secondary N) is 2. The molecule has 2 amide bonds. The molecule has 0 fully saturated rings. The first-order chi connectivity index (χ1) is 15.9. The van der Waals surface area contributed by atoms with Crippen molar-refractivity contribution in [3.05, 3.63) is 89.0 Å². The monoisotopic (exact) mass is 473 g/mol. The number of anilines is 1. The van der Waals surface area contributed by atoms with Crippen LogP contribution in [0.3, 0.4) is 0 Å². The Morgan fingerprint density at radius 3 is 2.64 bits per heavy atom. The Kier molecular flexibility index (Phi) is 6.83. The van der Waals surface area contributed by atoms with Crippen LogP contribution in [0, 0.1) is 17.5 Å². The normalized spacial score (nSPS) is 14.8. The predicted molar refractivity (Wildman–Crippen MR) is 116 cm³/mol. The first-order valence-electron chi connectivity index (χ1n) is 9.97. The smallest absolute Gasteiger partial charge is 0.408 e. The molecule has 2 aromatic carbocycles. The van der Waals surface area contributed by atoms with Gasteiger partial charge in [0, 0.05) is 34.2 Å². The number of hydrogen-bond donors (Lipinski definition) is 2. The quantitative estimate of drug-likeness (QED) is 0.532. The number of amides is 2. The molecule has 10 heteroatoms. The van der Waals surface area contributed by atoms with E-state index < -0.39 is 35.5 Å². The van der Waals surface area contributed by atoms with Gasteiger partial charge in [-0.15, -0.1) is 11.8 Å². The highest BCUT2D eigenvalue weighted by atomic mass is 32.2. The lowest BCUT2D eigenvalue weighted by Gasteiger charge is -2.27. The number of carbonyl (C=O) groups is 2. The van der Waals surface area contributed by atoms with E-state index in [1.54, 1.807) is 24.4 Å². The third kappa shape index (κ3) is 5.28. The summed E-state index contributed by atoms with van der Waals surface area (Å²) in [5, 5.41) is 5.14. The second-order valence-electron chi connectivity index (χ2n) is 7.15. The topological polar surface area (TPSA) is 80.3 Å². The van der Waals surface area contributed by atoms with E-state index >= 15 is 0 Å². The molecule has 0 saturated heterocycles. The Labute approximate surface area is 191 Å². The van der Waals surface area contributed by atoms with Crippen LogP contribution in [0.2, 0.25) is 0 Å². The van der Waals surface area contributed by atoms with Crippen molar-refractivity contribution in [3.8, 4) is 0 Å².